The summed E-state index contributed by atoms with van der Waals surface area (Å²) < 4.78 is 10.9. The fourth-order valence-electron chi connectivity index (χ4n) is 1.99. The molecular formula is C11H23NO2. The zero-order chi connectivity index (χ0) is 10.6. The zero-order valence-corrected chi connectivity index (χ0v) is 9.75. The van der Waals surface area contributed by atoms with Crippen LogP contribution in [0.1, 0.15) is 33.6 Å². The van der Waals surface area contributed by atoms with Crippen molar-refractivity contribution in [2.24, 2.45) is 0 Å². The van der Waals surface area contributed by atoms with Gasteiger partial charge in [-0.25, -0.2) is 0 Å². The Morgan fingerprint density at radius 3 is 2.43 bits per heavy atom. The molecule has 0 aromatic carbocycles. The number of rotatable bonds is 4. The second-order valence-electron chi connectivity index (χ2n) is 4.38. The molecule has 1 N–H and O–H groups in total. The molecule has 1 aliphatic heterocycles. The number of methoxy groups -OCH3 is 1. The van der Waals surface area contributed by atoms with Gasteiger partial charge in [0.2, 0.25) is 0 Å². The van der Waals surface area contributed by atoms with Crippen molar-refractivity contribution in [1.29, 1.82) is 0 Å². The minimum absolute atomic E-state index is 0.295. The lowest BCUT2D eigenvalue weighted by atomic mass is 10.00. The predicted octanol–water partition coefficient (Wildman–Crippen LogP) is 1.57. The van der Waals surface area contributed by atoms with Gasteiger partial charge in [0.1, 0.15) is 0 Å². The number of hydrogen-bond acceptors (Lipinski definition) is 3. The van der Waals surface area contributed by atoms with Crippen molar-refractivity contribution in [3.05, 3.63) is 0 Å². The Morgan fingerprint density at radius 2 is 1.93 bits per heavy atom. The lowest BCUT2D eigenvalue weighted by Gasteiger charge is -2.33. The number of ether oxygens (including phenoxy) is 2. The predicted molar refractivity (Wildman–Crippen MR) is 57.5 cm³/mol. The summed E-state index contributed by atoms with van der Waals surface area (Å²) in [7, 11) is 1.75. The standard InChI is InChI=1S/C11H23NO2/c1-8-5-11(6-9(2)14-8)12-7-10(3)13-4/h8-12H,5-7H2,1-4H3. The van der Waals surface area contributed by atoms with Crippen molar-refractivity contribution in [2.75, 3.05) is 13.7 Å². The first-order chi connectivity index (χ1) is 6.61. The Kier molecular flexibility index (Phi) is 4.85. The van der Waals surface area contributed by atoms with Gasteiger partial charge in [0.05, 0.1) is 18.3 Å². The molecule has 3 atom stereocenters. The Labute approximate surface area is 87.2 Å². The highest BCUT2D eigenvalue weighted by molar-refractivity contribution is 4.79. The van der Waals surface area contributed by atoms with Gasteiger partial charge in [0, 0.05) is 19.7 Å². The van der Waals surface area contributed by atoms with E-state index in [0.717, 1.165) is 19.4 Å². The average molecular weight is 201 g/mol. The molecule has 0 bridgehead atoms. The molecular weight excluding hydrogens is 178 g/mol. The van der Waals surface area contributed by atoms with Crippen LogP contribution in [0.5, 0.6) is 0 Å². The summed E-state index contributed by atoms with van der Waals surface area (Å²) >= 11 is 0. The first kappa shape index (κ1) is 12.0. The molecule has 0 aliphatic carbocycles. The highest BCUT2D eigenvalue weighted by Gasteiger charge is 2.23. The highest BCUT2D eigenvalue weighted by atomic mass is 16.5. The van der Waals surface area contributed by atoms with Gasteiger partial charge in [0.25, 0.3) is 0 Å². The van der Waals surface area contributed by atoms with Gasteiger partial charge in [-0.05, 0) is 33.6 Å². The minimum atomic E-state index is 0.295. The van der Waals surface area contributed by atoms with Crippen LogP contribution in [-0.4, -0.2) is 38.0 Å². The molecule has 0 aromatic heterocycles. The molecule has 14 heavy (non-hydrogen) atoms. The van der Waals surface area contributed by atoms with E-state index < -0.39 is 0 Å². The van der Waals surface area contributed by atoms with Crippen LogP contribution in [0.15, 0.2) is 0 Å². The van der Waals surface area contributed by atoms with Gasteiger partial charge in [0.15, 0.2) is 0 Å². The normalized spacial score (nSPS) is 35.6. The van der Waals surface area contributed by atoms with E-state index in [-0.39, 0.29) is 0 Å². The van der Waals surface area contributed by atoms with E-state index in [2.05, 4.69) is 26.1 Å². The largest absolute Gasteiger partial charge is 0.380 e. The molecule has 0 aromatic rings. The van der Waals surface area contributed by atoms with Gasteiger partial charge < -0.3 is 14.8 Å². The topological polar surface area (TPSA) is 30.5 Å². The van der Waals surface area contributed by atoms with Crippen LogP contribution in [0.4, 0.5) is 0 Å². The maximum Gasteiger partial charge on any atom is 0.0667 e. The van der Waals surface area contributed by atoms with Crippen molar-refractivity contribution in [3.8, 4) is 0 Å². The van der Waals surface area contributed by atoms with Gasteiger partial charge in [-0.1, -0.05) is 0 Å². The molecule has 0 amide bonds. The molecule has 0 radical (unpaired) electrons. The van der Waals surface area contributed by atoms with E-state index >= 15 is 0 Å². The zero-order valence-electron chi connectivity index (χ0n) is 9.75. The third-order valence-corrected chi connectivity index (χ3v) is 2.79. The quantitative estimate of drug-likeness (QED) is 0.749. The summed E-state index contributed by atoms with van der Waals surface area (Å²) in [5.74, 6) is 0. The van der Waals surface area contributed by atoms with Crippen molar-refractivity contribution < 1.29 is 9.47 Å². The summed E-state index contributed by atoms with van der Waals surface area (Å²) in [5, 5.41) is 3.53. The maximum absolute atomic E-state index is 5.68. The highest BCUT2D eigenvalue weighted by Crippen LogP contribution is 2.18. The van der Waals surface area contributed by atoms with Gasteiger partial charge >= 0.3 is 0 Å². The first-order valence-electron chi connectivity index (χ1n) is 5.53. The monoisotopic (exact) mass is 201 g/mol. The third-order valence-electron chi connectivity index (χ3n) is 2.79. The molecule has 0 saturated carbocycles. The van der Waals surface area contributed by atoms with Crippen LogP contribution < -0.4 is 5.32 Å². The van der Waals surface area contributed by atoms with Crippen molar-refractivity contribution in [2.45, 2.75) is 58.0 Å². The molecule has 1 aliphatic rings. The van der Waals surface area contributed by atoms with Crippen LogP contribution in [0.3, 0.4) is 0 Å². The summed E-state index contributed by atoms with van der Waals surface area (Å²) in [5.41, 5.74) is 0. The molecule has 0 spiro atoms. The van der Waals surface area contributed by atoms with Crippen molar-refractivity contribution in [1.82, 2.24) is 5.32 Å². The fraction of sp³-hybridized carbons (Fsp3) is 1.00. The number of nitrogens with one attached hydrogen (secondary N) is 1. The van der Waals surface area contributed by atoms with Crippen LogP contribution >= 0.6 is 0 Å². The Morgan fingerprint density at radius 1 is 1.36 bits per heavy atom. The minimum Gasteiger partial charge on any atom is -0.380 e. The lowest BCUT2D eigenvalue weighted by molar-refractivity contribution is -0.0435. The van der Waals surface area contributed by atoms with E-state index in [1.807, 2.05) is 0 Å². The van der Waals surface area contributed by atoms with Crippen LogP contribution in [0.2, 0.25) is 0 Å². The third kappa shape index (κ3) is 3.95. The SMILES string of the molecule is COC(C)CNC1CC(C)OC(C)C1. The second kappa shape index (κ2) is 5.69. The summed E-state index contributed by atoms with van der Waals surface area (Å²) in [6.07, 6.45) is 3.29. The maximum atomic E-state index is 5.68. The first-order valence-corrected chi connectivity index (χ1v) is 5.53. The molecule has 3 heteroatoms. The summed E-state index contributed by atoms with van der Waals surface area (Å²) in [6.45, 7) is 7.30. The average Bonchev–Trinajstić information content (AvgIpc) is 2.12. The molecule has 3 unspecified atom stereocenters. The van der Waals surface area contributed by atoms with Crippen LogP contribution in [0, 0.1) is 0 Å². The van der Waals surface area contributed by atoms with Gasteiger partial charge in [-0.3, -0.25) is 0 Å². The molecule has 1 heterocycles. The summed E-state index contributed by atoms with van der Waals surface area (Å²) in [4.78, 5) is 0. The molecule has 84 valence electrons. The van der Waals surface area contributed by atoms with Gasteiger partial charge in [-0.15, -0.1) is 0 Å². The van der Waals surface area contributed by atoms with Gasteiger partial charge in [-0.2, -0.15) is 0 Å². The van der Waals surface area contributed by atoms with Crippen LogP contribution in [0.25, 0.3) is 0 Å². The van der Waals surface area contributed by atoms with Crippen molar-refractivity contribution in [3.63, 3.8) is 0 Å². The molecule has 1 rings (SSSR count). The Hall–Kier alpha value is -0.120. The second-order valence-corrected chi connectivity index (χ2v) is 4.38. The molecule has 1 saturated heterocycles. The van der Waals surface area contributed by atoms with Crippen LogP contribution in [-0.2, 0) is 9.47 Å². The lowest BCUT2D eigenvalue weighted by Crippen LogP contribution is -2.43. The Bertz CT molecular complexity index is 153. The van der Waals surface area contributed by atoms with Crippen molar-refractivity contribution >= 4 is 0 Å². The van der Waals surface area contributed by atoms with E-state index in [1.54, 1.807) is 7.11 Å². The number of hydrogen-bond donors (Lipinski definition) is 1. The summed E-state index contributed by atoms with van der Waals surface area (Å²) in [6, 6.07) is 0.589. The van der Waals surface area contributed by atoms with E-state index in [1.165, 1.54) is 0 Å². The van der Waals surface area contributed by atoms with E-state index in [4.69, 9.17) is 9.47 Å². The smallest absolute Gasteiger partial charge is 0.0667 e. The molecule has 1 fully saturated rings. The van der Waals surface area contributed by atoms with E-state index in [0.29, 0.717) is 24.4 Å². The van der Waals surface area contributed by atoms with E-state index in [9.17, 15) is 0 Å². The fourth-order valence-corrected chi connectivity index (χ4v) is 1.99. The Balaban J connectivity index is 2.23. The molecule has 3 nitrogen and oxygen atoms in total.